The lowest BCUT2D eigenvalue weighted by Crippen LogP contribution is -2.55. The number of nitrogens with one attached hydrogen (secondary N) is 2. The molecular formula is C38H57N3O7. The Morgan fingerprint density at radius 1 is 0.854 bits per heavy atom. The van der Waals surface area contributed by atoms with Gasteiger partial charge in [-0.15, -0.1) is 0 Å². The van der Waals surface area contributed by atoms with E-state index in [9.17, 15) is 24.3 Å². The summed E-state index contributed by atoms with van der Waals surface area (Å²) in [4.78, 5) is 57.1. The quantitative estimate of drug-likeness (QED) is 0.141. The molecule has 0 aliphatic carbocycles. The van der Waals surface area contributed by atoms with Gasteiger partial charge in [-0.2, -0.15) is 0 Å². The SMILES string of the molecule is CCCCCN(C(=O)C(CC(C)C)NC(=O)OC(C)(C)C)C(C(=O)NC(Cc1ccccc1)C(=O)OC(C)(C)C)c1ccc(O)c(C)c1. The zero-order valence-corrected chi connectivity index (χ0v) is 30.5. The van der Waals surface area contributed by atoms with Gasteiger partial charge in [0.1, 0.15) is 35.1 Å². The lowest BCUT2D eigenvalue weighted by Gasteiger charge is -2.36. The van der Waals surface area contributed by atoms with Crippen molar-refractivity contribution in [3.05, 3.63) is 65.2 Å². The first-order valence-corrected chi connectivity index (χ1v) is 17.0. The van der Waals surface area contributed by atoms with Crippen LogP contribution < -0.4 is 10.6 Å². The van der Waals surface area contributed by atoms with Crippen molar-refractivity contribution in [1.82, 2.24) is 15.5 Å². The van der Waals surface area contributed by atoms with E-state index < -0.39 is 53.2 Å². The average molecular weight is 668 g/mol. The first-order valence-electron chi connectivity index (χ1n) is 17.0. The summed E-state index contributed by atoms with van der Waals surface area (Å²) >= 11 is 0. The maximum atomic E-state index is 14.6. The van der Waals surface area contributed by atoms with Crippen molar-refractivity contribution in [2.24, 2.45) is 5.92 Å². The van der Waals surface area contributed by atoms with E-state index in [-0.39, 0.29) is 24.6 Å². The number of hydrogen-bond donors (Lipinski definition) is 3. The van der Waals surface area contributed by atoms with Gasteiger partial charge in [0, 0.05) is 13.0 Å². The van der Waals surface area contributed by atoms with E-state index in [0.29, 0.717) is 24.0 Å². The van der Waals surface area contributed by atoms with E-state index in [1.165, 1.54) is 11.0 Å². The van der Waals surface area contributed by atoms with Crippen molar-refractivity contribution >= 4 is 23.9 Å². The number of aromatic hydroxyl groups is 1. The number of aryl methyl sites for hydroxylation is 1. The second-order valence-corrected chi connectivity index (χ2v) is 14.8. The molecule has 266 valence electrons. The van der Waals surface area contributed by atoms with E-state index in [2.05, 4.69) is 10.6 Å². The first-order chi connectivity index (χ1) is 22.3. The van der Waals surface area contributed by atoms with E-state index in [4.69, 9.17) is 9.47 Å². The number of nitrogens with zero attached hydrogens (tertiary/aromatic N) is 1. The van der Waals surface area contributed by atoms with Crippen molar-refractivity contribution < 1.29 is 33.8 Å². The third kappa shape index (κ3) is 13.6. The molecule has 0 bridgehead atoms. The van der Waals surface area contributed by atoms with Crippen LogP contribution in [0.25, 0.3) is 0 Å². The topological polar surface area (TPSA) is 134 Å². The number of ether oxygens (including phenoxy) is 2. The number of esters is 1. The second-order valence-electron chi connectivity index (χ2n) is 14.8. The number of carbonyl (C=O) groups excluding carboxylic acids is 4. The zero-order valence-electron chi connectivity index (χ0n) is 30.5. The molecular weight excluding hydrogens is 610 g/mol. The van der Waals surface area contributed by atoms with E-state index in [0.717, 1.165) is 18.4 Å². The highest BCUT2D eigenvalue weighted by molar-refractivity contribution is 5.94. The summed E-state index contributed by atoms with van der Waals surface area (Å²) in [5, 5.41) is 16.0. The summed E-state index contributed by atoms with van der Waals surface area (Å²) < 4.78 is 11.2. The molecule has 0 radical (unpaired) electrons. The Bertz CT molecular complexity index is 1360. The summed E-state index contributed by atoms with van der Waals surface area (Å²) in [6.45, 7) is 18.4. The molecule has 0 saturated heterocycles. The van der Waals surface area contributed by atoms with Gasteiger partial charge < -0.3 is 30.1 Å². The highest BCUT2D eigenvalue weighted by Gasteiger charge is 2.38. The van der Waals surface area contributed by atoms with Crippen molar-refractivity contribution in [3.8, 4) is 5.75 Å². The minimum Gasteiger partial charge on any atom is -0.508 e. The number of benzene rings is 2. The Hall–Kier alpha value is -4.08. The van der Waals surface area contributed by atoms with Crippen molar-refractivity contribution in [2.45, 2.75) is 131 Å². The maximum Gasteiger partial charge on any atom is 0.408 e. The molecule has 3 unspecified atom stereocenters. The van der Waals surface area contributed by atoms with Crippen LogP contribution in [0, 0.1) is 12.8 Å². The summed E-state index contributed by atoms with van der Waals surface area (Å²) in [6.07, 6.45) is 2.02. The molecule has 10 heteroatoms. The fourth-order valence-electron chi connectivity index (χ4n) is 5.23. The van der Waals surface area contributed by atoms with Crippen molar-refractivity contribution in [2.75, 3.05) is 6.54 Å². The van der Waals surface area contributed by atoms with Gasteiger partial charge in [-0.3, -0.25) is 9.59 Å². The van der Waals surface area contributed by atoms with Gasteiger partial charge in [-0.25, -0.2) is 9.59 Å². The molecule has 3 amide bonds. The van der Waals surface area contributed by atoms with E-state index in [1.54, 1.807) is 60.6 Å². The number of hydrogen-bond acceptors (Lipinski definition) is 7. The number of rotatable bonds is 15. The standard InChI is InChI=1S/C38H57N3O7/c1-11-12-16-21-41(34(44)29(22-25(2)3)40-36(46)48-38(8,9)10)32(28-19-20-31(42)26(4)23-28)33(43)39-30(35(45)47-37(5,6)7)24-27-17-14-13-15-18-27/h13-15,17-20,23,25,29-30,32,42H,11-12,16,21-22,24H2,1-10H3,(H,39,43)(H,40,46). The largest absolute Gasteiger partial charge is 0.508 e. The molecule has 2 rings (SSSR count). The Morgan fingerprint density at radius 3 is 2.02 bits per heavy atom. The molecule has 2 aromatic carbocycles. The molecule has 0 aromatic heterocycles. The van der Waals surface area contributed by atoms with Crippen LogP contribution >= 0.6 is 0 Å². The van der Waals surface area contributed by atoms with Gasteiger partial charge in [-0.05, 0) is 96.0 Å². The third-order valence-electron chi connectivity index (χ3n) is 7.37. The van der Waals surface area contributed by atoms with Gasteiger partial charge in [0.2, 0.25) is 11.8 Å². The minimum absolute atomic E-state index is 0.0250. The lowest BCUT2D eigenvalue weighted by molar-refractivity contribution is -0.159. The average Bonchev–Trinajstić information content (AvgIpc) is 2.95. The normalized spacial score (nSPS) is 13.6. The number of unbranched alkanes of at least 4 members (excludes halogenated alkanes) is 2. The maximum absolute atomic E-state index is 14.6. The molecule has 0 heterocycles. The zero-order chi connectivity index (χ0) is 36.2. The van der Waals surface area contributed by atoms with Crippen LogP contribution in [0.1, 0.15) is 111 Å². The Labute approximate surface area is 287 Å². The van der Waals surface area contributed by atoms with Crippen LogP contribution in [0.3, 0.4) is 0 Å². The minimum atomic E-state index is -1.19. The van der Waals surface area contributed by atoms with Crippen LogP contribution in [0.4, 0.5) is 4.79 Å². The van der Waals surface area contributed by atoms with Gasteiger partial charge in [0.25, 0.3) is 0 Å². The number of phenols is 1. The van der Waals surface area contributed by atoms with Gasteiger partial charge in [-0.1, -0.05) is 70.0 Å². The van der Waals surface area contributed by atoms with Gasteiger partial charge in [0.05, 0.1) is 0 Å². The van der Waals surface area contributed by atoms with Crippen LogP contribution in [0.2, 0.25) is 0 Å². The number of alkyl carbamates (subject to hydrolysis) is 1. The summed E-state index contributed by atoms with van der Waals surface area (Å²) in [6, 6.07) is 10.8. The number of phenolic OH excluding ortho intramolecular Hbond substituents is 1. The molecule has 0 aliphatic rings. The molecule has 3 N–H and O–H groups in total. The first kappa shape index (κ1) is 40.1. The van der Waals surface area contributed by atoms with E-state index in [1.807, 2.05) is 51.1 Å². The van der Waals surface area contributed by atoms with Crippen LogP contribution in [-0.4, -0.2) is 63.7 Å². The predicted octanol–water partition coefficient (Wildman–Crippen LogP) is 6.77. The molecule has 0 spiro atoms. The molecule has 3 atom stereocenters. The molecule has 0 aliphatic heterocycles. The Kier molecular flexibility index (Phi) is 14.9. The predicted molar refractivity (Wildman–Crippen MR) is 187 cm³/mol. The fourth-order valence-corrected chi connectivity index (χ4v) is 5.23. The number of amides is 3. The van der Waals surface area contributed by atoms with Crippen LogP contribution in [-0.2, 0) is 30.3 Å². The monoisotopic (exact) mass is 667 g/mol. The number of carbonyl (C=O) groups is 4. The summed E-state index contributed by atoms with van der Waals surface area (Å²) in [5.74, 6) is -1.57. The smallest absolute Gasteiger partial charge is 0.408 e. The molecule has 0 saturated carbocycles. The molecule has 2 aromatic rings. The molecule has 0 fully saturated rings. The molecule has 48 heavy (non-hydrogen) atoms. The summed E-state index contributed by atoms with van der Waals surface area (Å²) in [7, 11) is 0. The lowest BCUT2D eigenvalue weighted by atomic mass is 9.97. The van der Waals surface area contributed by atoms with Crippen molar-refractivity contribution in [3.63, 3.8) is 0 Å². The highest BCUT2D eigenvalue weighted by Crippen LogP contribution is 2.29. The van der Waals surface area contributed by atoms with E-state index >= 15 is 0 Å². The van der Waals surface area contributed by atoms with Gasteiger partial charge in [0.15, 0.2) is 0 Å². The third-order valence-corrected chi connectivity index (χ3v) is 7.37. The highest BCUT2D eigenvalue weighted by atomic mass is 16.6. The fraction of sp³-hybridized carbons (Fsp3) is 0.579. The summed E-state index contributed by atoms with van der Waals surface area (Å²) in [5.41, 5.74) is 0.211. The Balaban J connectivity index is 2.66. The second kappa shape index (κ2) is 17.9. The van der Waals surface area contributed by atoms with Crippen molar-refractivity contribution in [1.29, 1.82) is 0 Å². The van der Waals surface area contributed by atoms with Crippen LogP contribution in [0.15, 0.2) is 48.5 Å². The molecule has 10 nitrogen and oxygen atoms in total. The van der Waals surface area contributed by atoms with Crippen LogP contribution in [0.5, 0.6) is 5.75 Å². The Morgan fingerprint density at radius 2 is 1.48 bits per heavy atom. The van der Waals surface area contributed by atoms with Gasteiger partial charge >= 0.3 is 12.1 Å².